The van der Waals surface area contributed by atoms with E-state index in [1.807, 2.05) is 136 Å². The van der Waals surface area contributed by atoms with E-state index in [-0.39, 0.29) is 66.0 Å². The number of likely N-dealkylation sites (tertiary alicyclic amines) is 1. The number of thiazole rings is 1. The predicted molar refractivity (Wildman–Crippen MR) is 424 cm³/mol. The van der Waals surface area contributed by atoms with Crippen molar-refractivity contribution in [2.45, 2.75) is 152 Å². The van der Waals surface area contributed by atoms with E-state index in [2.05, 4.69) is 59.4 Å². The molecule has 4 amide bonds. The lowest BCUT2D eigenvalue weighted by Gasteiger charge is -2.44. The van der Waals surface area contributed by atoms with Crippen molar-refractivity contribution < 1.29 is 42.7 Å². The van der Waals surface area contributed by atoms with Gasteiger partial charge in [-0.3, -0.25) is 39.1 Å². The Labute approximate surface area is 639 Å². The highest BCUT2D eigenvalue weighted by molar-refractivity contribution is 7.99. The molecule has 3 fully saturated rings. The highest BCUT2D eigenvalue weighted by Crippen LogP contribution is 2.44. The molecule has 10 rings (SSSR count). The molecular formula is C80H107ClN12O10S3. The van der Waals surface area contributed by atoms with Crippen molar-refractivity contribution in [2.75, 3.05) is 121 Å². The average Bonchev–Trinajstić information content (AvgIpc) is 1.16. The fourth-order valence-electron chi connectivity index (χ4n) is 15.0. The number of aryl methyl sites for hydroxylation is 1. The van der Waals surface area contributed by atoms with Gasteiger partial charge in [-0.1, -0.05) is 119 Å². The number of benzene rings is 5. The van der Waals surface area contributed by atoms with E-state index in [9.17, 15) is 47.9 Å². The number of hydrogen-bond acceptors (Lipinski definition) is 19. The minimum absolute atomic E-state index is 0.00307. The van der Waals surface area contributed by atoms with Gasteiger partial charge in [0.15, 0.2) is 0 Å². The van der Waals surface area contributed by atoms with Crippen LogP contribution in [0.25, 0.3) is 16.0 Å². The van der Waals surface area contributed by atoms with Crippen LogP contribution in [0.1, 0.15) is 138 Å². The summed E-state index contributed by atoms with van der Waals surface area (Å²) in [5.74, 6) is -0.533. The number of carbonyl (C=O) groups is 4. The summed E-state index contributed by atoms with van der Waals surface area (Å²) in [7, 11) is -2.64. The maximum absolute atomic E-state index is 14.3. The molecule has 5 aromatic carbocycles. The Balaban J connectivity index is 0.644. The Morgan fingerprint density at radius 2 is 1.54 bits per heavy atom. The Hall–Kier alpha value is -7.30. The number of carbonyl (C=O) groups excluding carboxylic acids is 4. The molecule has 3 saturated heterocycles. The number of nitrogens with one attached hydrogen (secondary N) is 4. The molecule has 6 N–H and O–H groups in total. The molecule has 4 heterocycles. The zero-order valence-corrected chi connectivity index (χ0v) is 65.6. The molecule has 0 unspecified atom stereocenters. The van der Waals surface area contributed by atoms with Crippen LogP contribution in [0, 0.1) is 27.9 Å². The second-order valence-electron chi connectivity index (χ2n) is 30.5. The van der Waals surface area contributed by atoms with Crippen LogP contribution >= 0.6 is 34.7 Å². The molecule has 26 heteroatoms. The fourth-order valence-corrected chi connectivity index (χ4v) is 17.9. The van der Waals surface area contributed by atoms with Crippen LogP contribution < -0.4 is 25.6 Å². The van der Waals surface area contributed by atoms with Crippen LogP contribution in [0.5, 0.6) is 0 Å². The van der Waals surface area contributed by atoms with Crippen LogP contribution in [0.2, 0.25) is 5.02 Å². The molecule has 4 aliphatic rings. The lowest BCUT2D eigenvalue weighted by molar-refractivity contribution is -0.384. The smallest absolute Gasteiger partial charge is 0.293 e. The number of rotatable bonds is 34. The van der Waals surface area contributed by atoms with E-state index in [1.165, 1.54) is 28.8 Å². The number of piperazine rings is 2. The van der Waals surface area contributed by atoms with Gasteiger partial charge in [0.2, 0.25) is 17.7 Å². The zero-order valence-electron chi connectivity index (χ0n) is 62.4. The Morgan fingerprint density at radius 1 is 0.858 bits per heavy atom. The number of anilines is 2. The first-order valence-corrected chi connectivity index (χ1v) is 41.1. The first-order chi connectivity index (χ1) is 50.7. The van der Waals surface area contributed by atoms with E-state index >= 15 is 0 Å². The van der Waals surface area contributed by atoms with Gasteiger partial charge >= 0.3 is 0 Å². The van der Waals surface area contributed by atoms with E-state index in [0.717, 1.165) is 142 Å². The van der Waals surface area contributed by atoms with Crippen molar-refractivity contribution in [3.05, 3.63) is 170 Å². The van der Waals surface area contributed by atoms with Gasteiger partial charge < -0.3 is 45.8 Å². The summed E-state index contributed by atoms with van der Waals surface area (Å²) in [6.07, 6.45) is 8.03. The summed E-state index contributed by atoms with van der Waals surface area (Å²) in [4.78, 5) is 86.1. The van der Waals surface area contributed by atoms with Crippen molar-refractivity contribution in [2.24, 2.45) is 10.8 Å². The summed E-state index contributed by atoms with van der Waals surface area (Å²) >= 11 is 9.60. The lowest BCUT2D eigenvalue weighted by atomic mass is 9.71. The third kappa shape index (κ3) is 22.4. The van der Waals surface area contributed by atoms with Crippen LogP contribution in [0.4, 0.5) is 17.1 Å². The first kappa shape index (κ1) is 81.2. The summed E-state index contributed by atoms with van der Waals surface area (Å²) < 4.78 is 29.5. The number of amides is 4. The molecule has 0 radical (unpaired) electrons. The molecule has 6 aromatic rings. The lowest BCUT2D eigenvalue weighted by Crippen LogP contribution is -2.56. The van der Waals surface area contributed by atoms with Gasteiger partial charge in [-0.25, -0.2) is 18.1 Å². The molecule has 1 aromatic heterocycles. The quantitative estimate of drug-likeness (QED) is 0.00949. The molecule has 106 heavy (non-hydrogen) atoms. The normalized spacial score (nSPS) is 19.3. The van der Waals surface area contributed by atoms with E-state index in [4.69, 9.17) is 11.6 Å². The van der Waals surface area contributed by atoms with E-state index in [1.54, 1.807) is 40.1 Å². The number of likely N-dealkylation sites (N-methyl/N-ethyl adjacent to an activating group) is 1. The number of aliphatic hydroxyl groups is 2. The molecule has 0 spiro atoms. The minimum Gasteiger partial charge on any atom is -0.395 e. The molecule has 1 aliphatic carbocycles. The summed E-state index contributed by atoms with van der Waals surface area (Å²) in [6, 6.07) is 34.6. The van der Waals surface area contributed by atoms with Crippen molar-refractivity contribution in [3.63, 3.8) is 0 Å². The number of sulfonamides is 1. The second kappa shape index (κ2) is 37.7. The van der Waals surface area contributed by atoms with Gasteiger partial charge in [-0.15, -0.1) is 23.1 Å². The van der Waals surface area contributed by atoms with Gasteiger partial charge in [0.05, 0.1) is 50.7 Å². The van der Waals surface area contributed by atoms with Crippen LogP contribution in [0.15, 0.2) is 142 Å². The minimum atomic E-state index is -4.52. The maximum Gasteiger partial charge on any atom is 0.293 e. The molecule has 0 bridgehead atoms. The third-order valence-electron chi connectivity index (χ3n) is 21.1. The average molecular weight is 1530 g/mol. The van der Waals surface area contributed by atoms with E-state index < -0.39 is 55.0 Å². The number of thioether (sulfide) groups is 1. The Kier molecular flexibility index (Phi) is 28.9. The molecule has 3 aliphatic heterocycles. The number of nitro groups is 1. The standard InChI is InChI=1S/C80H107ClN12O10S3/c1-56(58-19-21-60(22-20-58)74-57(2)83-55-105-74)84-77(98)72-48-66(95)52-92(72)78(99)75(79(3,4)5)82-36-15-10-8-9-14-18-73(96)91-44-40-89(41-45-91)54-80(6)35-33-69(59-23-27-63(81)28-24-59)62(50-80)51-88-38-42-90(43-39-88)65-29-25-61(26-30-65)76(97)86-106(102,103)68-31-32-70(71(49-68)93(100)101)85-64(34-37-87(7)46-47-94)53-104-67-16-12-11-13-17-67/h11-13,16-17,19-32,49,55-56,64,66,72,75,82,85,94-95H,8-10,14-15,18,33-48,50-54H2,1-7H3,(H,84,98)(H,86,97)/t56-,64+,66+,72-,75+,80+/m0/s1. The van der Waals surface area contributed by atoms with Crippen molar-refractivity contribution in [1.29, 1.82) is 0 Å². The molecule has 0 saturated carbocycles. The molecular weight excluding hydrogens is 1420 g/mol. The number of unbranched alkanes of at least 4 members (excludes halogenated alkanes) is 4. The summed E-state index contributed by atoms with van der Waals surface area (Å²) in [5.41, 5.74) is 9.17. The number of allylic oxidation sites excluding steroid dienone is 1. The van der Waals surface area contributed by atoms with Gasteiger partial charge in [0, 0.05) is 130 Å². The number of nitro benzene ring substituents is 1. The van der Waals surface area contributed by atoms with Crippen LogP contribution in [0.3, 0.4) is 0 Å². The first-order valence-electron chi connectivity index (χ1n) is 37.4. The number of β-amino-alcohol motifs (C(OH)–C–C–N with tert-alkyl or cyclic N) is 1. The summed E-state index contributed by atoms with van der Waals surface area (Å²) in [5, 5.41) is 43.3. The second-order valence-corrected chi connectivity index (χ2v) is 34.5. The topological polar surface area (TPSA) is 266 Å². The number of halogens is 1. The molecule has 22 nitrogen and oxygen atoms in total. The SMILES string of the molecule is Cc1ncsc1-c1ccc([C@H](C)NC(=O)[C@@H]2C[C@@H](O)CN2C(=O)[C@@H](NCCCCCCCC(=O)N2CCN(C[C@]3(C)CCC(c4ccc(Cl)cc4)=C(CN4CCN(c5ccc(C(=O)NS(=O)(=O)c6ccc(N[C@H](CCN(C)CCO)CSc7ccccc7)c([N+](=O)[O-])c6)cc5)CC4)C3)CC2)C(C)(C)C)cc1. The zero-order chi connectivity index (χ0) is 75.7. The van der Waals surface area contributed by atoms with Gasteiger partial charge in [0.1, 0.15) is 11.7 Å². The third-order valence-corrected chi connectivity index (χ3v) is 24.9. The highest BCUT2D eigenvalue weighted by Gasteiger charge is 2.44. The predicted octanol–water partition coefficient (Wildman–Crippen LogP) is 11.8. The largest absolute Gasteiger partial charge is 0.395 e. The number of aromatic nitrogens is 1. The van der Waals surface area contributed by atoms with Gasteiger partial charge in [-0.05, 0) is 166 Å². The highest BCUT2D eigenvalue weighted by atomic mass is 35.5. The van der Waals surface area contributed by atoms with Gasteiger partial charge in [-0.2, -0.15) is 0 Å². The van der Waals surface area contributed by atoms with E-state index in [0.29, 0.717) is 56.3 Å². The molecule has 572 valence electrons. The van der Waals surface area contributed by atoms with Crippen molar-refractivity contribution >= 4 is 91.0 Å². The van der Waals surface area contributed by atoms with Crippen LogP contribution in [-0.4, -0.2) is 212 Å². The van der Waals surface area contributed by atoms with Crippen LogP contribution in [-0.2, 0) is 24.4 Å². The number of nitrogens with zero attached hydrogens (tertiary/aromatic N) is 8. The summed E-state index contributed by atoms with van der Waals surface area (Å²) in [6.45, 7) is 22.2. The fraction of sp³-hybridized carbons (Fsp3) is 0.512. The van der Waals surface area contributed by atoms with Crippen molar-refractivity contribution in [3.8, 4) is 10.4 Å². The maximum atomic E-state index is 14.3. The number of aliphatic hydroxyl groups excluding tert-OH is 2. The van der Waals surface area contributed by atoms with Gasteiger partial charge in [0.25, 0.3) is 21.6 Å². The number of hydrogen-bond donors (Lipinski definition) is 6. The Morgan fingerprint density at radius 3 is 2.21 bits per heavy atom. The monoisotopic (exact) mass is 1530 g/mol. The molecule has 6 atom stereocenters. The Bertz CT molecular complexity index is 4070. The van der Waals surface area contributed by atoms with Crippen molar-refractivity contribution in [1.82, 2.24) is 44.8 Å².